The van der Waals surface area contributed by atoms with Crippen LogP contribution in [0.25, 0.3) is 10.9 Å². The van der Waals surface area contributed by atoms with Crippen LogP contribution in [0.5, 0.6) is 0 Å². The fourth-order valence-electron chi connectivity index (χ4n) is 6.79. The Balaban J connectivity index is 1.26. The average molecular weight is 723 g/mol. The van der Waals surface area contributed by atoms with Gasteiger partial charge < -0.3 is 20.3 Å². The summed E-state index contributed by atoms with van der Waals surface area (Å²) in [4.78, 5) is 28.2. The van der Waals surface area contributed by atoms with Gasteiger partial charge in [-0.2, -0.15) is 5.10 Å². The molecular formula is C40H44BrN5O3. The van der Waals surface area contributed by atoms with Gasteiger partial charge >= 0.3 is 6.09 Å². The van der Waals surface area contributed by atoms with Crippen LogP contribution >= 0.6 is 15.9 Å². The van der Waals surface area contributed by atoms with Crippen molar-refractivity contribution in [1.82, 2.24) is 20.0 Å². The van der Waals surface area contributed by atoms with E-state index in [9.17, 15) is 9.59 Å². The number of nitrogens with zero attached hydrogens (tertiary/aromatic N) is 3. The Morgan fingerprint density at radius 3 is 1.92 bits per heavy atom. The predicted octanol–water partition coefficient (Wildman–Crippen LogP) is 8.20. The van der Waals surface area contributed by atoms with Crippen molar-refractivity contribution < 1.29 is 14.3 Å². The number of alkyl carbamates (subject to hydrolysis) is 1. The second-order valence-electron chi connectivity index (χ2n) is 13.6. The quantitative estimate of drug-likeness (QED) is 0.112. The molecule has 9 heteroatoms. The third-order valence-corrected chi connectivity index (χ3v) is 9.55. The third kappa shape index (κ3) is 7.73. The summed E-state index contributed by atoms with van der Waals surface area (Å²) in [6, 6.07) is 37.4. The van der Waals surface area contributed by atoms with Crippen LogP contribution in [-0.2, 0) is 15.1 Å². The zero-order valence-electron chi connectivity index (χ0n) is 28.4. The molecule has 2 amide bonds. The van der Waals surface area contributed by atoms with Crippen molar-refractivity contribution in [1.29, 1.82) is 0 Å². The minimum Gasteiger partial charge on any atom is -0.444 e. The third-order valence-electron chi connectivity index (χ3n) is 9.05. The molecule has 1 aromatic heterocycles. The van der Waals surface area contributed by atoms with Gasteiger partial charge in [0.25, 0.3) is 0 Å². The number of piperidine rings is 1. The fraction of sp³-hybridized carbons (Fsp3) is 0.325. The molecule has 2 N–H and O–H groups in total. The SMILES string of the molecule is CC(C)(C)OC(=O)NCCCN1CCC(C(=O)Nc2nn(C(c3ccccc3)(c3ccccc3)c3ccccc3)c3ccc(Br)cc23)CC1. The number of likely N-dealkylation sites (tertiary alicyclic amines) is 1. The zero-order valence-corrected chi connectivity index (χ0v) is 29.9. The summed E-state index contributed by atoms with van der Waals surface area (Å²) in [6.45, 7) is 8.62. The first-order valence-electron chi connectivity index (χ1n) is 17.0. The van der Waals surface area contributed by atoms with Gasteiger partial charge in [0.05, 0.1) is 5.52 Å². The molecule has 2 heterocycles. The van der Waals surface area contributed by atoms with E-state index in [4.69, 9.17) is 9.84 Å². The lowest BCUT2D eigenvalue weighted by Gasteiger charge is -2.37. The number of hydrogen-bond donors (Lipinski definition) is 2. The minimum atomic E-state index is -0.817. The minimum absolute atomic E-state index is 0.0116. The Kier molecular flexibility index (Phi) is 10.5. The fourth-order valence-corrected chi connectivity index (χ4v) is 7.15. The first kappa shape index (κ1) is 34.4. The number of nitrogens with one attached hydrogen (secondary N) is 2. The van der Waals surface area contributed by atoms with Crippen LogP contribution in [0.3, 0.4) is 0 Å². The van der Waals surface area contributed by atoms with Crippen molar-refractivity contribution in [2.45, 2.75) is 51.2 Å². The molecule has 1 aliphatic rings. The number of halogens is 1. The molecule has 0 unspecified atom stereocenters. The molecular weight excluding hydrogens is 678 g/mol. The Bertz CT molecular complexity index is 1770. The molecule has 49 heavy (non-hydrogen) atoms. The summed E-state index contributed by atoms with van der Waals surface area (Å²) in [5, 5.41) is 12.2. The van der Waals surface area contributed by atoms with E-state index in [1.807, 2.05) is 51.1 Å². The molecule has 0 bridgehead atoms. The number of hydrogen-bond acceptors (Lipinski definition) is 5. The second-order valence-corrected chi connectivity index (χ2v) is 14.5. The molecule has 6 rings (SSSR count). The van der Waals surface area contributed by atoms with E-state index < -0.39 is 17.2 Å². The van der Waals surface area contributed by atoms with Gasteiger partial charge in [-0.15, -0.1) is 0 Å². The van der Waals surface area contributed by atoms with E-state index in [2.05, 4.69) is 115 Å². The van der Waals surface area contributed by atoms with Gasteiger partial charge in [0, 0.05) is 22.3 Å². The second kappa shape index (κ2) is 15.0. The number of rotatable bonds is 10. The molecule has 1 fully saturated rings. The molecule has 8 nitrogen and oxygen atoms in total. The number of ether oxygens (including phenoxy) is 1. The van der Waals surface area contributed by atoms with Crippen LogP contribution in [0.2, 0.25) is 0 Å². The van der Waals surface area contributed by atoms with Gasteiger partial charge in [0.1, 0.15) is 11.1 Å². The van der Waals surface area contributed by atoms with Gasteiger partial charge in [0.2, 0.25) is 5.91 Å². The molecule has 0 spiro atoms. The lowest BCUT2D eigenvalue weighted by atomic mass is 9.77. The Morgan fingerprint density at radius 1 is 0.837 bits per heavy atom. The van der Waals surface area contributed by atoms with Gasteiger partial charge in [-0.25, -0.2) is 9.48 Å². The molecule has 0 atom stereocenters. The largest absolute Gasteiger partial charge is 0.444 e. The Labute approximate surface area is 297 Å². The monoisotopic (exact) mass is 721 g/mol. The number of aromatic nitrogens is 2. The maximum atomic E-state index is 13.9. The molecule has 1 aliphatic heterocycles. The van der Waals surface area contributed by atoms with Crippen LogP contribution in [-0.4, -0.2) is 58.5 Å². The number of amides is 2. The van der Waals surface area contributed by atoms with Crippen LogP contribution in [0, 0.1) is 5.92 Å². The molecule has 1 saturated heterocycles. The van der Waals surface area contributed by atoms with Crippen LogP contribution < -0.4 is 10.6 Å². The molecule has 4 aromatic carbocycles. The Hall–Kier alpha value is -4.47. The first-order valence-corrected chi connectivity index (χ1v) is 17.8. The summed E-state index contributed by atoms with van der Waals surface area (Å²) in [6.07, 6.45) is 1.95. The number of fused-ring (bicyclic) bond motifs is 1. The summed E-state index contributed by atoms with van der Waals surface area (Å²) in [5.74, 6) is 0.414. The number of carbonyl (C=O) groups is 2. The lowest BCUT2D eigenvalue weighted by molar-refractivity contribution is -0.121. The van der Waals surface area contributed by atoms with E-state index in [0.717, 1.165) is 71.0 Å². The Morgan fingerprint density at radius 2 is 1.39 bits per heavy atom. The van der Waals surface area contributed by atoms with Crippen molar-refractivity contribution >= 4 is 44.7 Å². The number of anilines is 1. The van der Waals surface area contributed by atoms with Crippen molar-refractivity contribution in [3.63, 3.8) is 0 Å². The molecule has 0 radical (unpaired) electrons. The smallest absolute Gasteiger partial charge is 0.407 e. The predicted molar refractivity (Wildman–Crippen MR) is 199 cm³/mol. The van der Waals surface area contributed by atoms with Crippen molar-refractivity contribution in [3.8, 4) is 0 Å². The summed E-state index contributed by atoms with van der Waals surface area (Å²) < 4.78 is 8.32. The van der Waals surface area contributed by atoms with Gasteiger partial charge in [-0.05, 0) is 94.6 Å². The maximum absolute atomic E-state index is 13.9. The zero-order chi connectivity index (χ0) is 34.4. The number of benzene rings is 4. The highest BCUT2D eigenvalue weighted by Crippen LogP contribution is 2.43. The van der Waals surface area contributed by atoms with E-state index in [1.54, 1.807) is 0 Å². The van der Waals surface area contributed by atoms with Gasteiger partial charge in [0.15, 0.2) is 5.82 Å². The van der Waals surface area contributed by atoms with Crippen LogP contribution in [0.15, 0.2) is 114 Å². The topological polar surface area (TPSA) is 88.5 Å². The first-order chi connectivity index (χ1) is 23.6. The van der Waals surface area contributed by atoms with E-state index in [0.29, 0.717) is 12.4 Å². The maximum Gasteiger partial charge on any atom is 0.407 e. The molecule has 254 valence electrons. The van der Waals surface area contributed by atoms with Crippen LogP contribution in [0.1, 0.15) is 56.7 Å². The normalized spacial score (nSPS) is 14.4. The highest BCUT2D eigenvalue weighted by Gasteiger charge is 2.41. The average Bonchev–Trinajstić information content (AvgIpc) is 3.45. The standard InChI is InChI=1S/C40H44BrN5O3/c1-39(2,3)49-38(48)42-24-13-25-45-26-22-29(23-27-45)37(47)43-36-34-28-33(41)20-21-35(34)46(44-36)40(30-14-7-4-8-15-30,31-16-9-5-10-17-31)32-18-11-6-12-19-32/h4-12,14-21,28-29H,13,22-27H2,1-3H3,(H,42,48)(H,43,44,47). The van der Waals surface area contributed by atoms with E-state index in [1.165, 1.54) is 0 Å². The summed E-state index contributed by atoms with van der Waals surface area (Å²) in [5.41, 5.74) is 2.76. The van der Waals surface area contributed by atoms with Crippen LogP contribution in [0.4, 0.5) is 10.6 Å². The highest BCUT2D eigenvalue weighted by atomic mass is 79.9. The number of carbonyl (C=O) groups excluding carboxylic acids is 2. The van der Waals surface area contributed by atoms with Crippen molar-refractivity contribution in [3.05, 3.63) is 130 Å². The van der Waals surface area contributed by atoms with Crippen molar-refractivity contribution in [2.24, 2.45) is 5.92 Å². The van der Waals surface area contributed by atoms with E-state index >= 15 is 0 Å². The van der Waals surface area contributed by atoms with Gasteiger partial charge in [-0.1, -0.05) is 107 Å². The summed E-state index contributed by atoms with van der Waals surface area (Å²) >= 11 is 3.67. The molecule has 0 aliphatic carbocycles. The summed E-state index contributed by atoms with van der Waals surface area (Å²) in [7, 11) is 0. The van der Waals surface area contributed by atoms with E-state index in [-0.39, 0.29) is 11.8 Å². The van der Waals surface area contributed by atoms with Gasteiger partial charge in [-0.3, -0.25) is 4.79 Å². The highest BCUT2D eigenvalue weighted by molar-refractivity contribution is 9.10. The lowest BCUT2D eigenvalue weighted by Crippen LogP contribution is -2.40. The van der Waals surface area contributed by atoms with Crippen molar-refractivity contribution in [2.75, 3.05) is 31.5 Å². The molecule has 0 saturated carbocycles. The molecule has 5 aromatic rings.